The lowest BCUT2D eigenvalue weighted by Gasteiger charge is -2.32. The van der Waals surface area contributed by atoms with Crippen LogP contribution in [0.25, 0.3) is 10.2 Å². The van der Waals surface area contributed by atoms with E-state index >= 15 is 0 Å². The van der Waals surface area contributed by atoms with Crippen LogP contribution in [0.4, 0.5) is 0 Å². The van der Waals surface area contributed by atoms with Crippen molar-refractivity contribution in [2.24, 2.45) is 0 Å². The molecule has 180 valence electrons. The minimum Gasteiger partial charge on any atom is -0.369 e. The van der Waals surface area contributed by atoms with Gasteiger partial charge in [0.05, 0.1) is 29.9 Å². The van der Waals surface area contributed by atoms with Crippen molar-refractivity contribution < 1.29 is 9.53 Å². The van der Waals surface area contributed by atoms with Gasteiger partial charge in [-0.2, -0.15) is 0 Å². The second kappa shape index (κ2) is 10.0. The third-order valence-electron chi connectivity index (χ3n) is 6.49. The first-order valence-electron chi connectivity index (χ1n) is 11.5. The number of benzene rings is 2. The molecule has 1 aliphatic heterocycles. The highest BCUT2D eigenvalue weighted by Gasteiger charge is 2.33. The van der Waals surface area contributed by atoms with E-state index in [2.05, 4.69) is 29.8 Å². The lowest BCUT2D eigenvalue weighted by atomic mass is 9.90. The van der Waals surface area contributed by atoms with E-state index in [-0.39, 0.29) is 22.7 Å². The third-order valence-corrected chi connectivity index (χ3v) is 9.10. The number of rotatable bonds is 7. The Hall–Kier alpha value is -2.26. The number of carbonyl (C=O) groups is 1. The fraction of sp³-hybridized carbons (Fsp3) is 0.296. The molecule has 8 heteroatoms. The summed E-state index contributed by atoms with van der Waals surface area (Å²) in [5.74, 6) is 0.205. The van der Waals surface area contributed by atoms with Crippen LogP contribution in [0.15, 0.2) is 69.0 Å². The van der Waals surface area contributed by atoms with Crippen LogP contribution in [-0.4, -0.2) is 26.7 Å². The Morgan fingerprint density at radius 1 is 1.20 bits per heavy atom. The summed E-state index contributed by atoms with van der Waals surface area (Å²) in [5.41, 5.74) is 2.41. The largest absolute Gasteiger partial charge is 0.369 e. The summed E-state index contributed by atoms with van der Waals surface area (Å²) >= 11 is 6.26. The number of carbonyl (C=O) groups excluding carboxylic acids is 1. The molecule has 0 N–H and O–H groups in total. The molecular formula is C27H25BrN2O3S2. The maximum absolute atomic E-state index is 13.9. The van der Waals surface area contributed by atoms with Gasteiger partial charge in [-0.25, -0.2) is 4.98 Å². The van der Waals surface area contributed by atoms with Crippen LogP contribution in [0.3, 0.4) is 0 Å². The van der Waals surface area contributed by atoms with Gasteiger partial charge >= 0.3 is 0 Å². The van der Waals surface area contributed by atoms with E-state index in [9.17, 15) is 9.59 Å². The summed E-state index contributed by atoms with van der Waals surface area (Å²) < 4.78 is 8.77. The van der Waals surface area contributed by atoms with Crippen molar-refractivity contribution in [1.29, 1.82) is 0 Å². The minimum absolute atomic E-state index is 0.000642. The lowest BCUT2D eigenvalue weighted by Crippen LogP contribution is -2.34. The Labute approximate surface area is 220 Å². The maximum atomic E-state index is 13.9. The number of Topliss-reactive ketones (excluding diaryl/α,β-unsaturated/α-hetero) is 1. The van der Waals surface area contributed by atoms with Crippen LogP contribution in [0, 0.1) is 0 Å². The lowest BCUT2D eigenvalue weighted by molar-refractivity contribution is -0.0543. The Kier molecular flexibility index (Phi) is 6.99. The molecule has 35 heavy (non-hydrogen) atoms. The molecule has 0 amide bonds. The van der Waals surface area contributed by atoms with Crippen LogP contribution < -0.4 is 5.56 Å². The molecule has 4 aromatic rings. The molecule has 0 radical (unpaired) electrons. The van der Waals surface area contributed by atoms with E-state index < -0.39 is 0 Å². The van der Waals surface area contributed by atoms with Crippen LogP contribution in [0.1, 0.15) is 46.6 Å². The number of hydrogen-bond donors (Lipinski definition) is 0. The summed E-state index contributed by atoms with van der Waals surface area (Å²) in [4.78, 5) is 33.5. The number of aromatic nitrogens is 2. The molecule has 1 aliphatic rings. The molecule has 0 saturated carbocycles. The molecular weight excluding hydrogens is 544 g/mol. The van der Waals surface area contributed by atoms with Crippen molar-refractivity contribution in [2.75, 3.05) is 5.75 Å². The first kappa shape index (κ1) is 24.4. The van der Waals surface area contributed by atoms with Gasteiger partial charge in [0.2, 0.25) is 0 Å². The Morgan fingerprint density at radius 2 is 1.94 bits per heavy atom. The van der Waals surface area contributed by atoms with E-state index in [1.54, 1.807) is 16.7 Å². The Bertz CT molecular complexity index is 1450. The zero-order valence-electron chi connectivity index (χ0n) is 19.5. The molecule has 0 saturated heterocycles. The fourth-order valence-corrected chi connectivity index (χ4v) is 6.53. The number of thiophene rings is 1. The average molecular weight is 570 g/mol. The fourth-order valence-electron chi connectivity index (χ4n) is 4.23. The van der Waals surface area contributed by atoms with Crippen molar-refractivity contribution in [3.8, 4) is 0 Å². The van der Waals surface area contributed by atoms with E-state index in [0.29, 0.717) is 35.7 Å². The second-order valence-electron chi connectivity index (χ2n) is 8.94. The van der Waals surface area contributed by atoms with E-state index in [0.717, 1.165) is 31.7 Å². The minimum atomic E-state index is -0.276. The first-order valence-corrected chi connectivity index (χ1v) is 14.1. The molecule has 0 spiro atoms. The standard InChI is InChI=1S/C27H25BrN2O3S2/c1-3-27(2)13-20-22(15-33-27)35-24-23(20)25(32)30(14-17-7-5-4-6-8-17)26(29-24)34-16-21(31)18-9-11-19(28)12-10-18/h4-12H,3,13-16H2,1-2H3. The highest BCUT2D eigenvalue weighted by molar-refractivity contribution is 9.10. The molecule has 3 heterocycles. The molecule has 0 fully saturated rings. The summed E-state index contributed by atoms with van der Waals surface area (Å²) in [6, 6.07) is 17.2. The van der Waals surface area contributed by atoms with Crippen molar-refractivity contribution in [3.63, 3.8) is 0 Å². The van der Waals surface area contributed by atoms with Gasteiger partial charge in [-0.05, 0) is 36.6 Å². The number of nitrogens with zero attached hydrogens (tertiary/aromatic N) is 2. The number of fused-ring (bicyclic) bond motifs is 3. The highest BCUT2D eigenvalue weighted by atomic mass is 79.9. The highest BCUT2D eigenvalue weighted by Crippen LogP contribution is 2.39. The van der Waals surface area contributed by atoms with Crippen molar-refractivity contribution in [3.05, 3.63) is 91.0 Å². The van der Waals surface area contributed by atoms with E-state index in [4.69, 9.17) is 9.72 Å². The summed E-state index contributed by atoms with van der Waals surface area (Å²) in [7, 11) is 0. The number of ether oxygens (including phenoxy) is 1. The second-order valence-corrected chi connectivity index (χ2v) is 11.9. The molecule has 0 bridgehead atoms. The smallest absolute Gasteiger partial charge is 0.263 e. The van der Waals surface area contributed by atoms with Gasteiger partial charge in [-0.1, -0.05) is 77.1 Å². The molecule has 5 rings (SSSR count). The quantitative estimate of drug-likeness (QED) is 0.145. The predicted molar refractivity (Wildman–Crippen MR) is 146 cm³/mol. The predicted octanol–water partition coefficient (Wildman–Crippen LogP) is 6.49. The van der Waals surface area contributed by atoms with Gasteiger partial charge in [-0.3, -0.25) is 14.2 Å². The van der Waals surface area contributed by atoms with Crippen LogP contribution >= 0.6 is 39.0 Å². The Morgan fingerprint density at radius 3 is 2.66 bits per heavy atom. The molecule has 0 aliphatic carbocycles. The topological polar surface area (TPSA) is 61.2 Å². The van der Waals surface area contributed by atoms with Gasteiger partial charge in [0.15, 0.2) is 10.9 Å². The SMILES string of the molecule is CCC1(C)Cc2c(sc3nc(SCC(=O)c4ccc(Br)cc4)n(Cc4ccccc4)c(=O)c23)CO1. The molecule has 1 atom stereocenters. The maximum Gasteiger partial charge on any atom is 0.263 e. The molecule has 2 aromatic heterocycles. The third kappa shape index (κ3) is 5.03. The van der Waals surface area contributed by atoms with Crippen LogP contribution in [-0.2, 0) is 24.3 Å². The number of halogens is 1. The number of thioether (sulfide) groups is 1. The van der Waals surface area contributed by atoms with Gasteiger partial charge in [0.25, 0.3) is 5.56 Å². The van der Waals surface area contributed by atoms with E-state index in [1.165, 1.54) is 23.1 Å². The Balaban J connectivity index is 1.55. The number of ketones is 1. The zero-order valence-corrected chi connectivity index (χ0v) is 22.8. The average Bonchev–Trinajstić information content (AvgIpc) is 3.23. The summed E-state index contributed by atoms with van der Waals surface area (Å²) in [5, 5.41) is 1.27. The van der Waals surface area contributed by atoms with Crippen molar-refractivity contribution >= 4 is 55.0 Å². The molecule has 1 unspecified atom stereocenters. The molecule has 5 nitrogen and oxygen atoms in total. The normalized spacial score (nSPS) is 17.5. The first-order chi connectivity index (χ1) is 16.9. The zero-order chi connectivity index (χ0) is 24.6. The van der Waals surface area contributed by atoms with Crippen molar-refractivity contribution in [1.82, 2.24) is 9.55 Å². The van der Waals surface area contributed by atoms with Crippen molar-refractivity contribution in [2.45, 2.75) is 50.6 Å². The van der Waals surface area contributed by atoms with Gasteiger partial charge in [-0.15, -0.1) is 11.3 Å². The van der Waals surface area contributed by atoms with Gasteiger partial charge in [0.1, 0.15) is 4.83 Å². The van der Waals surface area contributed by atoms with Gasteiger partial charge in [0, 0.05) is 21.3 Å². The van der Waals surface area contributed by atoms with Gasteiger partial charge < -0.3 is 4.74 Å². The van der Waals surface area contributed by atoms with Crippen LogP contribution in [0.2, 0.25) is 0 Å². The summed E-state index contributed by atoms with van der Waals surface area (Å²) in [6.45, 7) is 5.13. The number of hydrogen-bond acceptors (Lipinski definition) is 6. The molecule has 2 aromatic carbocycles. The van der Waals surface area contributed by atoms with Crippen LogP contribution in [0.5, 0.6) is 0 Å². The van der Waals surface area contributed by atoms with E-state index in [1.807, 2.05) is 42.5 Å². The monoisotopic (exact) mass is 568 g/mol. The summed E-state index contributed by atoms with van der Waals surface area (Å²) in [6.07, 6.45) is 1.58.